The Hall–Kier alpha value is -1.35. The molecule has 0 saturated carbocycles. The maximum Gasteiger partial charge on any atom is 0.0401 e. The van der Waals surface area contributed by atoms with Crippen molar-refractivity contribution in [2.24, 2.45) is 0 Å². The van der Waals surface area contributed by atoms with Crippen LogP contribution in [-0.2, 0) is 6.54 Å². The predicted octanol–water partition coefficient (Wildman–Crippen LogP) is 3.76. The summed E-state index contributed by atoms with van der Waals surface area (Å²) in [5.41, 5.74) is 3.38. The molecule has 0 fully saturated rings. The molecule has 16 heavy (non-hydrogen) atoms. The number of aromatic nitrogens is 1. The first kappa shape index (κ1) is 11.1. The first-order chi connectivity index (χ1) is 7.74. The van der Waals surface area contributed by atoms with Gasteiger partial charge in [-0.2, -0.15) is 0 Å². The van der Waals surface area contributed by atoms with E-state index in [-0.39, 0.29) is 0 Å². The van der Waals surface area contributed by atoms with Gasteiger partial charge >= 0.3 is 0 Å². The van der Waals surface area contributed by atoms with Gasteiger partial charge in [0.25, 0.3) is 0 Å². The van der Waals surface area contributed by atoms with E-state index < -0.39 is 0 Å². The van der Waals surface area contributed by atoms with Crippen LogP contribution in [0.25, 0.3) is 0 Å². The molecule has 1 aromatic carbocycles. The molecule has 0 unspecified atom stereocenters. The van der Waals surface area contributed by atoms with Crippen LogP contribution in [0.15, 0.2) is 47.1 Å². The Morgan fingerprint density at radius 3 is 2.88 bits per heavy atom. The molecule has 2 rings (SSSR count). The van der Waals surface area contributed by atoms with Crippen molar-refractivity contribution in [1.82, 2.24) is 4.98 Å². The van der Waals surface area contributed by atoms with Crippen LogP contribution in [0.4, 0.5) is 5.69 Å². The zero-order valence-electron chi connectivity index (χ0n) is 9.07. The molecular weight excluding hydrogens is 264 g/mol. The maximum atomic E-state index is 4.16. The fraction of sp³-hybridized carbons (Fsp3) is 0.154. The summed E-state index contributed by atoms with van der Waals surface area (Å²) in [7, 11) is 0. The molecule has 2 aromatic rings. The first-order valence-corrected chi connectivity index (χ1v) is 5.94. The second kappa shape index (κ2) is 5.12. The molecule has 0 aliphatic rings. The fourth-order valence-corrected chi connectivity index (χ4v) is 1.95. The van der Waals surface area contributed by atoms with Gasteiger partial charge in [-0.05, 0) is 36.8 Å². The molecule has 2 nitrogen and oxygen atoms in total. The van der Waals surface area contributed by atoms with Gasteiger partial charge in [0.2, 0.25) is 0 Å². The van der Waals surface area contributed by atoms with Crippen LogP contribution in [0, 0.1) is 6.92 Å². The van der Waals surface area contributed by atoms with E-state index in [9.17, 15) is 0 Å². The third-order valence-corrected chi connectivity index (χ3v) is 2.78. The van der Waals surface area contributed by atoms with Crippen LogP contribution in [0.5, 0.6) is 0 Å². The number of rotatable bonds is 3. The van der Waals surface area contributed by atoms with E-state index in [0.717, 1.165) is 22.4 Å². The van der Waals surface area contributed by atoms with Crippen LogP contribution >= 0.6 is 15.9 Å². The number of pyridine rings is 1. The SMILES string of the molecule is Cc1cc(NCc2cccc(Br)c2)ccn1. The highest BCUT2D eigenvalue weighted by Gasteiger charge is 1.95. The monoisotopic (exact) mass is 276 g/mol. The Balaban J connectivity index is 2.02. The quantitative estimate of drug-likeness (QED) is 0.923. The van der Waals surface area contributed by atoms with Crippen LogP contribution in [0.3, 0.4) is 0 Å². The molecule has 0 amide bonds. The van der Waals surface area contributed by atoms with Gasteiger partial charge in [0.15, 0.2) is 0 Å². The summed E-state index contributed by atoms with van der Waals surface area (Å²) in [6.07, 6.45) is 1.82. The van der Waals surface area contributed by atoms with Gasteiger partial charge in [0, 0.05) is 28.6 Å². The lowest BCUT2D eigenvalue weighted by Crippen LogP contribution is -1.99. The van der Waals surface area contributed by atoms with E-state index in [0.29, 0.717) is 0 Å². The molecule has 1 aromatic heterocycles. The van der Waals surface area contributed by atoms with E-state index in [1.807, 2.05) is 37.4 Å². The molecular formula is C13H13BrN2. The topological polar surface area (TPSA) is 24.9 Å². The molecule has 0 radical (unpaired) electrons. The number of nitrogens with zero attached hydrogens (tertiary/aromatic N) is 1. The molecule has 1 N–H and O–H groups in total. The Bertz CT molecular complexity index is 437. The number of hydrogen-bond donors (Lipinski definition) is 1. The first-order valence-electron chi connectivity index (χ1n) is 5.15. The third-order valence-electron chi connectivity index (χ3n) is 2.28. The minimum atomic E-state index is 0.822. The third kappa shape index (κ3) is 3.07. The average Bonchev–Trinajstić information content (AvgIpc) is 2.27. The van der Waals surface area contributed by atoms with Crippen molar-refractivity contribution in [3.63, 3.8) is 0 Å². The Kier molecular flexibility index (Phi) is 3.57. The van der Waals surface area contributed by atoms with Crippen LogP contribution in [0.2, 0.25) is 0 Å². The van der Waals surface area contributed by atoms with Crippen molar-refractivity contribution in [1.29, 1.82) is 0 Å². The van der Waals surface area contributed by atoms with E-state index in [1.54, 1.807) is 0 Å². The van der Waals surface area contributed by atoms with Gasteiger partial charge in [0.05, 0.1) is 0 Å². The fourth-order valence-electron chi connectivity index (χ4n) is 1.51. The van der Waals surface area contributed by atoms with Crippen molar-refractivity contribution in [2.45, 2.75) is 13.5 Å². The Morgan fingerprint density at radius 1 is 1.25 bits per heavy atom. The second-order valence-corrected chi connectivity index (χ2v) is 4.59. The van der Waals surface area contributed by atoms with E-state index in [2.05, 4.69) is 38.4 Å². The van der Waals surface area contributed by atoms with Crippen LogP contribution in [0.1, 0.15) is 11.3 Å². The van der Waals surface area contributed by atoms with Crippen molar-refractivity contribution in [2.75, 3.05) is 5.32 Å². The summed E-state index contributed by atoms with van der Waals surface area (Å²) in [6, 6.07) is 12.3. The summed E-state index contributed by atoms with van der Waals surface area (Å²) in [4.78, 5) is 4.16. The number of anilines is 1. The van der Waals surface area contributed by atoms with Gasteiger partial charge in [-0.25, -0.2) is 0 Å². The van der Waals surface area contributed by atoms with Crippen molar-refractivity contribution < 1.29 is 0 Å². The minimum absolute atomic E-state index is 0.822. The largest absolute Gasteiger partial charge is 0.381 e. The maximum absolute atomic E-state index is 4.16. The molecule has 1 heterocycles. The molecule has 82 valence electrons. The summed E-state index contributed by atoms with van der Waals surface area (Å²) in [6.45, 7) is 2.81. The van der Waals surface area contributed by atoms with Gasteiger partial charge < -0.3 is 5.32 Å². The lowest BCUT2D eigenvalue weighted by molar-refractivity contribution is 1.12. The lowest BCUT2D eigenvalue weighted by atomic mass is 10.2. The molecule has 0 aliphatic heterocycles. The summed E-state index contributed by atoms with van der Waals surface area (Å²) in [5, 5.41) is 3.37. The number of hydrogen-bond acceptors (Lipinski definition) is 2. The molecule has 0 saturated heterocycles. The molecule has 3 heteroatoms. The predicted molar refractivity (Wildman–Crippen MR) is 70.4 cm³/mol. The van der Waals surface area contributed by atoms with Crippen molar-refractivity contribution >= 4 is 21.6 Å². The van der Waals surface area contributed by atoms with Gasteiger partial charge in [-0.15, -0.1) is 0 Å². The normalized spacial score (nSPS) is 10.1. The zero-order chi connectivity index (χ0) is 11.4. The highest BCUT2D eigenvalue weighted by molar-refractivity contribution is 9.10. The van der Waals surface area contributed by atoms with Gasteiger partial charge in [-0.1, -0.05) is 28.1 Å². The summed E-state index contributed by atoms with van der Waals surface area (Å²) in [5.74, 6) is 0. The van der Waals surface area contributed by atoms with E-state index in [4.69, 9.17) is 0 Å². The Labute approximate surface area is 104 Å². The zero-order valence-corrected chi connectivity index (χ0v) is 10.7. The van der Waals surface area contributed by atoms with Crippen LogP contribution < -0.4 is 5.32 Å². The van der Waals surface area contributed by atoms with E-state index in [1.165, 1.54) is 5.56 Å². The number of aryl methyl sites for hydroxylation is 1. The highest BCUT2D eigenvalue weighted by Crippen LogP contribution is 2.14. The van der Waals surface area contributed by atoms with Crippen molar-refractivity contribution in [3.8, 4) is 0 Å². The minimum Gasteiger partial charge on any atom is -0.381 e. The molecule has 0 atom stereocenters. The number of nitrogens with one attached hydrogen (secondary N) is 1. The summed E-state index contributed by atoms with van der Waals surface area (Å²) < 4.78 is 1.11. The second-order valence-electron chi connectivity index (χ2n) is 3.67. The average molecular weight is 277 g/mol. The van der Waals surface area contributed by atoms with E-state index >= 15 is 0 Å². The Morgan fingerprint density at radius 2 is 2.12 bits per heavy atom. The lowest BCUT2D eigenvalue weighted by Gasteiger charge is -2.07. The highest BCUT2D eigenvalue weighted by atomic mass is 79.9. The number of benzene rings is 1. The smallest absolute Gasteiger partial charge is 0.0401 e. The van der Waals surface area contributed by atoms with Crippen LogP contribution in [-0.4, -0.2) is 4.98 Å². The molecule has 0 bridgehead atoms. The standard InChI is InChI=1S/C13H13BrN2/c1-10-7-13(5-6-15-10)16-9-11-3-2-4-12(14)8-11/h2-8H,9H2,1H3,(H,15,16). The molecule has 0 aliphatic carbocycles. The van der Waals surface area contributed by atoms with Gasteiger partial charge in [-0.3, -0.25) is 4.98 Å². The van der Waals surface area contributed by atoms with Crippen molar-refractivity contribution in [3.05, 3.63) is 58.3 Å². The summed E-state index contributed by atoms with van der Waals surface area (Å²) >= 11 is 3.46. The number of halogens is 1. The van der Waals surface area contributed by atoms with Gasteiger partial charge in [0.1, 0.15) is 0 Å². The molecule has 0 spiro atoms.